The number of nitrogens with one attached hydrogen (secondary N) is 3. The van der Waals surface area contributed by atoms with Crippen molar-refractivity contribution in [1.82, 2.24) is 20.3 Å². The van der Waals surface area contributed by atoms with E-state index in [0.717, 1.165) is 64.9 Å². The zero-order valence-electron chi connectivity index (χ0n) is 22.7. The minimum Gasteiger partial charge on any atom is -0.358 e. The number of hydrogen-bond donors (Lipinski definition) is 3. The molecule has 1 amide bonds. The highest BCUT2D eigenvalue weighted by molar-refractivity contribution is 5.90. The molecule has 0 saturated heterocycles. The molecule has 1 atom stereocenters. The number of imidazole rings is 1. The number of aryl methyl sites for hydroxylation is 1. The second-order valence-electron chi connectivity index (χ2n) is 10.3. The molecule has 0 radical (unpaired) electrons. The molecule has 2 aromatic heterocycles. The van der Waals surface area contributed by atoms with Gasteiger partial charge >= 0.3 is 0 Å². The number of rotatable bonds is 12. The summed E-state index contributed by atoms with van der Waals surface area (Å²) in [7, 11) is 0. The van der Waals surface area contributed by atoms with Gasteiger partial charge in [-0.05, 0) is 48.2 Å². The molecule has 3 aromatic carbocycles. The van der Waals surface area contributed by atoms with E-state index in [-0.39, 0.29) is 11.9 Å². The lowest BCUT2D eigenvalue weighted by molar-refractivity contribution is -0.121. The van der Waals surface area contributed by atoms with Crippen molar-refractivity contribution in [3.05, 3.63) is 90.0 Å². The highest BCUT2D eigenvalue weighted by Crippen LogP contribution is 2.27. The average molecular weight is 521 g/mol. The maximum atomic E-state index is 13.3. The first-order chi connectivity index (χ1) is 19.0. The zero-order chi connectivity index (χ0) is 27.2. The fourth-order valence-corrected chi connectivity index (χ4v) is 5.29. The first-order valence-corrected chi connectivity index (χ1v) is 13.9. The van der Waals surface area contributed by atoms with Crippen molar-refractivity contribution in [1.29, 1.82) is 0 Å². The highest BCUT2D eigenvalue weighted by Gasteiger charge is 2.20. The Labute approximate surface area is 229 Å². The van der Waals surface area contributed by atoms with Crippen molar-refractivity contribution in [2.24, 2.45) is 0 Å². The van der Waals surface area contributed by atoms with Crippen molar-refractivity contribution >= 4 is 33.4 Å². The molecule has 6 nitrogen and oxygen atoms in total. The van der Waals surface area contributed by atoms with Crippen LogP contribution in [0.25, 0.3) is 32.9 Å². The van der Waals surface area contributed by atoms with Crippen LogP contribution in [0.2, 0.25) is 0 Å². The molecule has 0 aliphatic rings. The molecule has 0 unspecified atom stereocenters. The number of ketones is 1. The van der Waals surface area contributed by atoms with Crippen LogP contribution in [0.3, 0.4) is 0 Å². The summed E-state index contributed by atoms with van der Waals surface area (Å²) in [6.45, 7) is 3.92. The molecule has 0 spiro atoms. The Balaban J connectivity index is 1.33. The Morgan fingerprint density at radius 3 is 2.56 bits per heavy atom. The molecular formula is C33H36N4O2. The number of nitrogens with zero attached hydrogens (tertiary/aromatic N) is 1. The van der Waals surface area contributed by atoms with Gasteiger partial charge in [-0.25, -0.2) is 4.98 Å². The third-order valence-electron chi connectivity index (χ3n) is 7.53. The fourth-order valence-electron chi connectivity index (χ4n) is 5.29. The Morgan fingerprint density at radius 2 is 1.72 bits per heavy atom. The standard InChI is InChI=1S/C33H36N4O2/c1-3-26(38)13-5-4-6-16-30(36-32(39)20-28-22(2)35-29-15-10-9-14-27(28)29)33-34-21-31(37-33)25-18-17-23-11-7-8-12-24(23)19-25/h7-12,14-15,17-19,21,30,35H,3-6,13,16,20H2,1-2H3,(H,34,37)(H,36,39)/t30-/m0/s1. The van der Waals surface area contributed by atoms with Gasteiger partial charge < -0.3 is 15.3 Å². The Morgan fingerprint density at radius 1 is 0.923 bits per heavy atom. The quantitative estimate of drug-likeness (QED) is 0.150. The maximum Gasteiger partial charge on any atom is 0.225 e. The third-order valence-corrected chi connectivity index (χ3v) is 7.53. The van der Waals surface area contributed by atoms with E-state index in [0.29, 0.717) is 25.0 Å². The van der Waals surface area contributed by atoms with Gasteiger partial charge in [0.2, 0.25) is 5.91 Å². The molecule has 5 aromatic rings. The van der Waals surface area contributed by atoms with Crippen LogP contribution in [-0.2, 0) is 16.0 Å². The predicted molar refractivity (Wildman–Crippen MR) is 158 cm³/mol. The number of amides is 1. The fraction of sp³-hybridized carbons (Fsp3) is 0.303. The number of carbonyl (C=O) groups is 2. The predicted octanol–water partition coefficient (Wildman–Crippen LogP) is 7.35. The molecule has 39 heavy (non-hydrogen) atoms. The molecule has 0 fully saturated rings. The lowest BCUT2D eigenvalue weighted by Gasteiger charge is -2.17. The van der Waals surface area contributed by atoms with Gasteiger partial charge in [-0.15, -0.1) is 0 Å². The van der Waals surface area contributed by atoms with E-state index in [1.165, 1.54) is 10.8 Å². The van der Waals surface area contributed by atoms with Crippen LogP contribution in [0.5, 0.6) is 0 Å². The van der Waals surface area contributed by atoms with Gasteiger partial charge in [0.05, 0.1) is 24.4 Å². The van der Waals surface area contributed by atoms with Crippen molar-refractivity contribution in [2.45, 2.75) is 64.8 Å². The van der Waals surface area contributed by atoms with Gasteiger partial charge in [0.1, 0.15) is 11.6 Å². The highest BCUT2D eigenvalue weighted by atomic mass is 16.1. The Kier molecular flexibility index (Phi) is 8.21. The lowest BCUT2D eigenvalue weighted by atomic mass is 10.0. The van der Waals surface area contributed by atoms with Gasteiger partial charge in [-0.1, -0.05) is 74.4 Å². The number of hydrogen-bond acceptors (Lipinski definition) is 3. The number of fused-ring (bicyclic) bond motifs is 2. The van der Waals surface area contributed by atoms with Gasteiger partial charge in [0, 0.05) is 35.0 Å². The van der Waals surface area contributed by atoms with Crippen molar-refractivity contribution in [2.75, 3.05) is 0 Å². The number of benzene rings is 3. The normalized spacial score (nSPS) is 12.2. The molecule has 0 aliphatic heterocycles. The van der Waals surface area contributed by atoms with E-state index >= 15 is 0 Å². The molecule has 6 heteroatoms. The summed E-state index contributed by atoms with van der Waals surface area (Å²) in [6, 6.07) is 22.5. The average Bonchev–Trinajstić information content (AvgIpc) is 3.57. The van der Waals surface area contributed by atoms with Crippen molar-refractivity contribution < 1.29 is 9.59 Å². The van der Waals surface area contributed by atoms with Crippen LogP contribution in [0, 0.1) is 6.92 Å². The van der Waals surface area contributed by atoms with Gasteiger partial charge in [0.15, 0.2) is 0 Å². The lowest BCUT2D eigenvalue weighted by Crippen LogP contribution is -2.30. The number of aromatic amines is 2. The van der Waals surface area contributed by atoms with E-state index in [2.05, 4.69) is 51.7 Å². The maximum absolute atomic E-state index is 13.3. The Bertz CT molecular complexity index is 1600. The van der Waals surface area contributed by atoms with Crippen LogP contribution >= 0.6 is 0 Å². The van der Waals surface area contributed by atoms with Crippen LogP contribution in [0.15, 0.2) is 72.9 Å². The number of carbonyl (C=O) groups excluding carboxylic acids is 2. The van der Waals surface area contributed by atoms with Gasteiger partial charge in [0.25, 0.3) is 0 Å². The van der Waals surface area contributed by atoms with E-state index in [4.69, 9.17) is 4.98 Å². The number of aromatic nitrogens is 3. The SMILES string of the molecule is CCC(=O)CCCCC[C@H](NC(=O)Cc1c(C)[nH]c2ccccc12)c1ncc(-c2ccc3ccccc3c2)[nH]1. The molecule has 0 aliphatic carbocycles. The summed E-state index contributed by atoms with van der Waals surface area (Å²) in [5, 5.41) is 6.71. The van der Waals surface area contributed by atoms with Crippen LogP contribution in [0.1, 0.15) is 68.6 Å². The number of H-pyrrole nitrogens is 2. The molecule has 0 bridgehead atoms. The first-order valence-electron chi connectivity index (χ1n) is 13.9. The number of unbranched alkanes of at least 4 members (excludes halogenated alkanes) is 2. The summed E-state index contributed by atoms with van der Waals surface area (Å²) < 4.78 is 0. The number of para-hydroxylation sites is 1. The Hall–Kier alpha value is -4.19. The number of Topliss-reactive ketones (excluding diaryl/α,β-unsaturated/α-hetero) is 1. The van der Waals surface area contributed by atoms with E-state index in [9.17, 15) is 9.59 Å². The minimum absolute atomic E-state index is 0.0299. The van der Waals surface area contributed by atoms with E-state index in [1.807, 2.05) is 50.4 Å². The van der Waals surface area contributed by atoms with Crippen LogP contribution < -0.4 is 5.32 Å². The summed E-state index contributed by atoms with van der Waals surface area (Å²) in [4.78, 5) is 36.6. The van der Waals surface area contributed by atoms with Crippen LogP contribution in [-0.4, -0.2) is 26.6 Å². The molecule has 2 heterocycles. The molecular weight excluding hydrogens is 484 g/mol. The van der Waals surface area contributed by atoms with E-state index < -0.39 is 0 Å². The molecule has 0 saturated carbocycles. The monoisotopic (exact) mass is 520 g/mol. The van der Waals surface area contributed by atoms with Crippen molar-refractivity contribution in [3.63, 3.8) is 0 Å². The molecule has 5 rings (SSSR count). The first kappa shape index (κ1) is 26.4. The van der Waals surface area contributed by atoms with E-state index in [1.54, 1.807) is 0 Å². The largest absolute Gasteiger partial charge is 0.358 e. The smallest absolute Gasteiger partial charge is 0.225 e. The zero-order valence-corrected chi connectivity index (χ0v) is 22.7. The second-order valence-corrected chi connectivity index (χ2v) is 10.3. The summed E-state index contributed by atoms with van der Waals surface area (Å²) >= 11 is 0. The summed E-state index contributed by atoms with van der Waals surface area (Å²) in [5.41, 5.74) is 5.07. The summed E-state index contributed by atoms with van der Waals surface area (Å²) in [6.07, 6.45) is 6.85. The minimum atomic E-state index is -0.237. The van der Waals surface area contributed by atoms with Crippen LogP contribution in [0.4, 0.5) is 0 Å². The van der Waals surface area contributed by atoms with Crippen molar-refractivity contribution in [3.8, 4) is 11.3 Å². The summed E-state index contributed by atoms with van der Waals surface area (Å²) in [5.74, 6) is 1.03. The molecule has 200 valence electrons. The van der Waals surface area contributed by atoms with Gasteiger partial charge in [-0.3, -0.25) is 9.59 Å². The van der Waals surface area contributed by atoms with Gasteiger partial charge in [-0.2, -0.15) is 0 Å². The second kappa shape index (κ2) is 12.1. The third kappa shape index (κ3) is 6.28. The molecule has 3 N–H and O–H groups in total. The topological polar surface area (TPSA) is 90.6 Å².